The van der Waals surface area contributed by atoms with Gasteiger partial charge in [-0.25, -0.2) is 0 Å². The molecular formula is C19H26N2O6. The topological polar surface area (TPSA) is 116 Å². The molecule has 0 bridgehead atoms. The lowest BCUT2D eigenvalue weighted by atomic mass is 9.88. The van der Waals surface area contributed by atoms with Crippen LogP contribution in [0, 0.1) is 0 Å². The smallest absolute Gasteiger partial charge is 0.317 e. The van der Waals surface area contributed by atoms with Crippen LogP contribution in [0.4, 0.5) is 0 Å². The second-order valence-electron chi connectivity index (χ2n) is 6.73. The number of nitrogens with zero attached hydrogens (tertiary/aromatic N) is 1. The number of carboxylic acids is 2. The summed E-state index contributed by atoms with van der Waals surface area (Å²) in [5.74, 6) is -1.93. The summed E-state index contributed by atoms with van der Waals surface area (Å²) in [5, 5.41) is 21.4. The monoisotopic (exact) mass is 378 g/mol. The van der Waals surface area contributed by atoms with Crippen molar-refractivity contribution in [2.24, 2.45) is 0 Å². The molecule has 0 heterocycles. The van der Waals surface area contributed by atoms with Crippen molar-refractivity contribution in [3.8, 4) is 5.75 Å². The van der Waals surface area contributed by atoms with Crippen LogP contribution in [0.3, 0.4) is 0 Å². The van der Waals surface area contributed by atoms with E-state index in [1.54, 1.807) is 18.2 Å². The van der Waals surface area contributed by atoms with E-state index in [4.69, 9.17) is 9.84 Å². The molecule has 1 aromatic carbocycles. The van der Waals surface area contributed by atoms with Gasteiger partial charge in [-0.2, -0.15) is 0 Å². The molecule has 0 spiro atoms. The fraction of sp³-hybridized carbons (Fsp3) is 0.526. The van der Waals surface area contributed by atoms with E-state index < -0.39 is 17.9 Å². The van der Waals surface area contributed by atoms with Crippen molar-refractivity contribution in [2.45, 2.75) is 51.2 Å². The van der Waals surface area contributed by atoms with E-state index in [1.807, 2.05) is 11.0 Å². The molecule has 2 rings (SSSR count). The quantitative estimate of drug-likeness (QED) is 0.437. The summed E-state index contributed by atoms with van der Waals surface area (Å²) in [7, 11) is 0. The number of carbonyl (C=O) groups is 3. The zero-order chi connectivity index (χ0) is 19.8. The van der Waals surface area contributed by atoms with Crippen LogP contribution < -0.4 is 10.1 Å². The number of rotatable bonds is 9. The Bertz CT molecular complexity index is 678. The minimum atomic E-state index is -0.956. The summed E-state index contributed by atoms with van der Waals surface area (Å²) in [6.45, 7) is 1.28. The van der Waals surface area contributed by atoms with Crippen molar-refractivity contribution < 1.29 is 29.3 Å². The van der Waals surface area contributed by atoms with Gasteiger partial charge in [0, 0.05) is 31.1 Å². The number of esters is 1. The Kier molecular flexibility index (Phi) is 7.75. The predicted molar refractivity (Wildman–Crippen MR) is 97.5 cm³/mol. The molecule has 0 radical (unpaired) electrons. The molecule has 2 atom stereocenters. The number of hydrogen-bond acceptors (Lipinski definition) is 6. The van der Waals surface area contributed by atoms with Crippen LogP contribution in [-0.2, 0) is 20.9 Å². The maximum Gasteiger partial charge on any atom is 0.317 e. The number of ether oxygens (including phenoxy) is 1. The molecule has 0 unspecified atom stereocenters. The summed E-state index contributed by atoms with van der Waals surface area (Å²) in [6.07, 6.45) is 3.50. The van der Waals surface area contributed by atoms with Gasteiger partial charge < -0.3 is 20.3 Å². The third-order valence-electron chi connectivity index (χ3n) is 4.65. The van der Waals surface area contributed by atoms with Gasteiger partial charge in [-0.05, 0) is 18.9 Å². The number of hydrogen-bond donors (Lipinski definition) is 3. The largest absolute Gasteiger partial charge is 0.480 e. The van der Waals surface area contributed by atoms with Gasteiger partial charge in [0.1, 0.15) is 5.75 Å². The zero-order valence-corrected chi connectivity index (χ0v) is 15.4. The first-order valence-electron chi connectivity index (χ1n) is 9.04. The van der Waals surface area contributed by atoms with Crippen molar-refractivity contribution in [3.05, 3.63) is 29.8 Å². The van der Waals surface area contributed by atoms with Crippen LogP contribution in [0.5, 0.6) is 5.75 Å². The highest BCUT2D eigenvalue weighted by atomic mass is 16.5. The number of para-hydroxylation sites is 1. The fourth-order valence-electron chi connectivity index (χ4n) is 3.58. The molecule has 1 aromatic rings. The lowest BCUT2D eigenvalue weighted by Gasteiger charge is -2.39. The minimum absolute atomic E-state index is 0.102. The van der Waals surface area contributed by atoms with E-state index >= 15 is 0 Å². The van der Waals surface area contributed by atoms with E-state index in [0.717, 1.165) is 31.2 Å². The first-order valence-corrected chi connectivity index (χ1v) is 9.04. The molecule has 8 nitrogen and oxygen atoms in total. The van der Waals surface area contributed by atoms with Gasteiger partial charge in [0.25, 0.3) is 0 Å². The second-order valence-corrected chi connectivity index (χ2v) is 6.73. The maximum absolute atomic E-state index is 11.4. The summed E-state index contributed by atoms with van der Waals surface area (Å²) in [6, 6.07) is 6.82. The molecule has 0 aromatic heterocycles. The van der Waals surface area contributed by atoms with Gasteiger partial charge in [-0.15, -0.1) is 0 Å². The van der Waals surface area contributed by atoms with E-state index in [9.17, 15) is 19.5 Å². The Morgan fingerprint density at radius 1 is 1.15 bits per heavy atom. The van der Waals surface area contributed by atoms with Crippen molar-refractivity contribution in [1.29, 1.82) is 0 Å². The number of carboxylic acid groups (broad SMARTS) is 2. The molecule has 1 aliphatic carbocycles. The first kappa shape index (κ1) is 20.9. The molecule has 0 amide bonds. The number of nitrogens with one attached hydrogen (secondary N) is 1. The second kappa shape index (κ2) is 10.0. The van der Waals surface area contributed by atoms with Gasteiger partial charge in [0.05, 0.1) is 13.1 Å². The van der Waals surface area contributed by atoms with Crippen molar-refractivity contribution >= 4 is 17.9 Å². The Balaban J connectivity index is 2.22. The van der Waals surface area contributed by atoms with Gasteiger partial charge in [-0.1, -0.05) is 31.0 Å². The van der Waals surface area contributed by atoms with E-state index in [0.29, 0.717) is 12.3 Å². The third kappa shape index (κ3) is 6.65. The first-order chi connectivity index (χ1) is 12.9. The Morgan fingerprint density at radius 3 is 2.52 bits per heavy atom. The molecule has 148 valence electrons. The molecule has 27 heavy (non-hydrogen) atoms. The van der Waals surface area contributed by atoms with Crippen molar-refractivity contribution in [3.63, 3.8) is 0 Å². The molecule has 1 aliphatic rings. The summed E-state index contributed by atoms with van der Waals surface area (Å²) >= 11 is 0. The fourth-order valence-corrected chi connectivity index (χ4v) is 3.58. The average molecular weight is 378 g/mol. The number of carbonyl (C=O) groups excluding carboxylic acids is 1. The standard InChI is InChI=1S/C19H26N2O6/c1-13(22)27-17-9-5-2-6-14(17)11-21(12-19(25)26)16-8-4-3-7-15(16)20-10-18(23)24/h2,5-6,9,15-16,20H,3-4,7-8,10-12H2,1H3,(H,23,24)(H,25,26)/t15-,16-/m1/s1. The molecule has 1 fully saturated rings. The highest BCUT2D eigenvalue weighted by Gasteiger charge is 2.32. The van der Waals surface area contributed by atoms with Gasteiger partial charge >= 0.3 is 17.9 Å². The molecule has 3 N–H and O–H groups in total. The summed E-state index contributed by atoms with van der Waals surface area (Å²) in [4.78, 5) is 35.5. The molecule has 8 heteroatoms. The lowest BCUT2D eigenvalue weighted by molar-refractivity contribution is -0.140. The number of aliphatic carboxylic acids is 2. The van der Waals surface area contributed by atoms with Gasteiger partial charge in [0.15, 0.2) is 0 Å². The molecule has 1 saturated carbocycles. The third-order valence-corrected chi connectivity index (χ3v) is 4.65. The van der Waals surface area contributed by atoms with E-state index in [1.165, 1.54) is 6.92 Å². The van der Waals surface area contributed by atoms with Crippen LogP contribution in [0.2, 0.25) is 0 Å². The molecule has 0 saturated heterocycles. The molecule has 0 aliphatic heterocycles. The van der Waals surface area contributed by atoms with Gasteiger partial charge in [0.2, 0.25) is 0 Å². The van der Waals surface area contributed by atoms with Crippen LogP contribution in [0.1, 0.15) is 38.2 Å². The Hall–Kier alpha value is -2.45. The van der Waals surface area contributed by atoms with Crippen molar-refractivity contribution in [2.75, 3.05) is 13.1 Å². The summed E-state index contributed by atoms with van der Waals surface area (Å²) < 4.78 is 5.24. The normalized spacial score (nSPS) is 19.6. The minimum Gasteiger partial charge on any atom is -0.480 e. The maximum atomic E-state index is 11.4. The predicted octanol–water partition coefficient (Wildman–Crippen LogP) is 1.48. The lowest BCUT2D eigenvalue weighted by Crippen LogP contribution is -2.53. The van der Waals surface area contributed by atoms with E-state index in [-0.39, 0.29) is 25.2 Å². The zero-order valence-electron chi connectivity index (χ0n) is 15.4. The number of benzene rings is 1. The Morgan fingerprint density at radius 2 is 1.85 bits per heavy atom. The molecular weight excluding hydrogens is 352 g/mol. The average Bonchev–Trinajstić information content (AvgIpc) is 2.60. The highest BCUT2D eigenvalue weighted by molar-refractivity contribution is 5.70. The van der Waals surface area contributed by atoms with Crippen LogP contribution in [0.15, 0.2) is 24.3 Å². The van der Waals surface area contributed by atoms with Crippen LogP contribution >= 0.6 is 0 Å². The van der Waals surface area contributed by atoms with Crippen LogP contribution in [-0.4, -0.2) is 58.2 Å². The van der Waals surface area contributed by atoms with Gasteiger partial charge in [-0.3, -0.25) is 19.3 Å². The van der Waals surface area contributed by atoms with E-state index in [2.05, 4.69) is 5.32 Å². The highest BCUT2D eigenvalue weighted by Crippen LogP contribution is 2.27. The van der Waals surface area contributed by atoms with Crippen molar-refractivity contribution in [1.82, 2.24) is 10.2 Å². The summed E-state index contributed by atoms with van der Waals surface area (Å²) in [5.41, 5.74) is 0.719. The SMILES string of the molecule is CC(=O)Oc1ccccc1CN(CC(=O)O)[C@@H]1CCCC[C@H]1NCC(=O)O. The Labute approximate surface area is 158 Å². The van der Waals surface area contributed by atoms with Crippen LogP contribution in [0.25, 0.3) is 0 Å².